The molecule has 30 heavy (non-hydrogen) atoms. The van der Waals surface area contributed by atoms with Crippen LogP contribution in [0.5, 0.6) is 11.5 Å². The molecule has 0 unspecified atom stereocenters. The maximum Gasteiger partial charge on any atom is 0.210 e. The molecule has 4 rings (SSSR count). The number of fused-ring (bicyclic) bond motifs is 1. The average molecular weight is 419 g/mol. The number of benzene rings is 3. The lowest BCUT2D eigenvalue weighted by Gasteiger charge is -2.14. The first kappa shape index (κ1) is 19.7. The molecule has 0 radical (unpaired) electrons. The molecule has 0 saturated heterocycles. The Hall–Kier alpha value is -3.58. The van der Waals surface area contributed by atoms with Gasteiger partial charge in [-0.1, -0.05) is 42.5 Å². The number of anilines is 2. The first-order valence-electron chi connectivity index (χ1n) is 9.46. The zero-order chi connectivity index (χ0) is 20.9. The number of hydrogen-bond donors (Lipinski definition) is 2. The van der Waals surface area contributed by atoms with Crippen LogP contribution in [-0.2, 0) is 6.54 Å². The van der Waals surface area contributed by atoms with Crippen molar-refractivity contribution in [1.29, 1.82) is 0 Å². The number of methoxy groups -OCH3 is 2. The van der Waals surface area contributed by atoms with Crippen LogP contribution in [-0.4, -0.2) is 28.9 Å². The highest BCUT2D eigenvalue weighted by molar-refractivity contribution is 7.80. The van der Waals surface area contributed by atoms with Gasteiger partial charge in [-0.15, -0.1) is 0 Å². The standard InChI is InChI=1S/C23H22N4O2S/c1-28-18-12-17(13-19(14-18)29-2)24-23(30)26-22-25-20-10-6-7-11-21(20)27(22)15-16-8-4-3-5-9-16/h3-14H,15H2,1-2H3,(H2,24,25,26,30). The van der Waals surface area contributed by atoms with E-state index in [0.717, 1.165) is 16.7 Å². The van der Waals surface area contributed by atoms with Crippen LogP contribution in [0.25, 0.3) is 11.0 Å². The lowest BCUT2D eigenvalue weighted by atomic mass is 10.2. The second-order valence-corrected chi connectivity index (χ2v) is 7.08. The first-order chi connectivity index (χ1) is 14.7. The third kappa shape index (κ3) is 4.36. The number of rotatable bonds is 6. The van der Waals surface area contributed by atoms with Crippen molar-refractivity contribution >= 4 is 40.0 Å². The summed E-state index contributed by atoms with van der Waals surface area (Å²) in [6, 6.07) is 23.8. The summed E-state index contributed by atoms with van der Waals surface area (Å²) in [6.45, 7) is 0.680. The fourth-order valence-corrected chi connectivity index (χ4v) is 3.45. The van der Waals surface area contributed by atoms with Crippen LogP contribution < -0.4 is 20.1 Å². The molecule has 1 heterocycles. The highest BCUT2D eigenvalue weighted by atomic mass is 32.1. The van der Waals surface area contributed by atoms with E-state index in [0.29, 0.717) is 29.1 Å². The second-order valence-electron chi connectivity index (χ2n) is 6.68. The zero-order valence-electron chi connectivity index (χ0n) is 16.8. The number of imidazole rings is 1. The lowest BCUT2D eigenvalue weighted by molar-refractivity contribution is 0.395. The largest absolute Gasteiger partial charge is 0.497 e. The van der Waals surface area contributed by atoms with Gasteiger partial charge in [-0.05, 0) is 29.9 Å². The van der Waals surface area contributed by atoms with Crippen molar-refractivity contribution in [3.05, 3.63) is 78.4 Å². The summed E-state index contributed by atoms with van der Waals surface area (Å²) in [4.78, 5) is 4.73. The number of nitrogens with zero attached hydrogens (tertiary/aromatic N) is 2. The minimum atomic E-state index is 0.426. The van der Waals surface area contributed by atoms with Crippen molar-refractivity contribution < 1.29 is 9.47 Å². The summed E-state index contributed by atoms with van der Waals surface area (Å²) in [5.74, 6) is 2.03. The molecule has 0 spiro atoms. The van der Waals surface area contributed by atoms with Crippen LogP contribution in [0.1, 0.15) is 5.56 Å². The number of hydrogen-bond acceptors (Lipinski definition) is 4. The Bertz CT molecular complexity index is 1150. The fraction of sp³-hybridized carbons (Fsp3) is 0.130. The minimum absolute atomic E-state index is 0.426. The molecule has 0 aliphatic rings. The maximum absolute atomic E-state index is 5.55. The number of nitrogens with one attached hydrogen (secondary N) is 2. The fourth-order valence-electron chi connectivity index (χ4n) is 3.24. The summed E-state index contributed by atoms with van der Waals surface area (Å²) < 4.78 is 12.8. The summed E-state index contributed by atoms with van der Waals surface area (Å²) in [5.41, 5.74) is 3.88. The molecule has 3 aromatic carbocycles. The van der Waals surface area contributed by atoms with Gasteiger partial charge < -0.3 is 24.7 Å². The highest BCUT2D eigenvalue weighted by Gasteiger charge is 2.13. The summed E-state index contributed by atoms with van der Waals surface area (Å²) in [6.07, 6.45) is 0. The van der Waals surface area contributed by atoms with Crippen LogP contribution in [0, 0.1) is 0 Å². The van der Waals surface area contributed by atoms with E-state index in [1.807, 2.05) is 48.5 Å². The molecule has 6 nitrogen and oxygen atoms in total. The molecule has 0 amide bonds. The Kier molecular flexibility index (Phi) is 5.81. The van der Waals surface area contributed by atoms with Crippen molar-refractivity contribution in [2.24, 2.45) is 0 Å². The zero-order valence-corrected chi connectivity index (χ0v) is 17.6. The molecule has 0 saturated carbocycles. The molecular formula is C23H22N4O2S. The van der Waals surface area contributed by atoms with Crippen LogP contribution in [0.2, 0.25) is 0 Å². The summed E-state index contributed by atoms with van der Waals surface area (Å²) in [5, 5.41) is 6.84. The molecule has 152 valence electrons. The topological polar surface area (TPSA) is 60.3 Å². The van der Waals surface area contributed by atoms with Gasteiger partial charge in [-0.25, -0.2) is 4.98 Å². The van der Waals surface area contributed by atoms with E-state index in [-0.39, 0.29) is 0 Å². The van der Waals surface area contributed by atoms with Gasteiger partial charge in [0, 0.05) is 23.9 Å². The molecule has 1 aromatic heterocycles. The van der Waals surface area contributed by atoms with Gasteiger partial charge in [-0.3, -0.25) is 0 Å². The van der Waals surface area contributed by atoms with E-state index in [4.69, 9.17) is 26.7 Å². The smallest absolute Gasteiger partial charge is 0.210 e. The first-order valence-corrected chi connectivity index (χ1v) is 9.87. The third-order valence-electron chi connectivity index (χ3n) is 4.67. The molecular weight excluding hydrogens is 396 g/mol. The second kappa shape index (κ2) is 8.84. The van der Waals surface area contributed by atoms with Gasteiger partial charge in [0.1, 0.15) is 11.5 Å². The van der Waals surface area contributed by atoms with Gasteiger partial charge in [0.2, 0.25) is 5.95 Å². The molecule has 2 N–H and O–H groups in total. The van der Waals surface area contributed by atoms with E-state index in [1.165, 1.54) is 5.56 Å². The highest BCUT2D eigenvalue weighted by Crippen LogP contribution is 2.26. The van der Waals surface area contributed by atoms with E-state index < -0.39 is 0 Å². The molecule has 0 fully saturated rings. The van der Waals surface area contributed by atoms with E-state index >= 15 is 0 Å². The summed E-state index contributed by atoms with van der Waals surface area (Å²) in [7, 11) is 3.22. The lowest BCUT2D eigenvalue weighted by Crippen LogP contribution is -2.22. The molecule has 7 heteroatoms. The quantitative estimate of drug-likeness (QED) is 0.434. The average Bonchev–Trinajstić information content (AvgIpc) is 3.10. The molecule has 0 aliphatic heterocycles. The predicted octanol–water partition coefficient (Wildman–Crippen LogP) is 4.91. The molecule has 4 aromatic rings. The van der Waals surface area contributed by atoms with Gasteiger partial charge in [0.25, 0.3) is 0 Å². The number of aromatic nitrogens is 2. The van der Waals surface area contributed by atoms with Crippen LogP contribution in [0.3, 0.4) is 0 Å². The third-order valence-corrected chi connectivity index (χ3v) is 4.88. The van der Waals surface area contributed by atoms with Crippen molar-refractivity contribution in [2.45, 2.75) is 6.54 Å². The Morgan fingerprint density at radius 3 is 2.27 bits per heavy atom. The number of para-hydroxylation sites is 2. The Labute approximate surface area is 180 Å². The van der Waals surface area contributed by atoms with Gasteiger partial charge in [0.15, 0.2) is 5.11 Å². The Morgan fingerprint density at radius 2 is 1.57 bits per heavy atom. The molecule has 0 bridgehead atoms. The minimum Gasteiger partial charge on any atom is -0.497 e. The number of ether oxygens (including phenoxy) is 2. The van der Waals surface area contributed by atoms with Crippen LogP contribution in [0.15, 0.2) is 72.8 Å². The van der Waals surface area contributed by atoms with Gasteiger partial charge in [0.05, 0.1) is 31.8 Å². The van der Waals surface area contributed by atoms with E-state index in [9.17, 15) is 0 Å². The van der Waals surface area contributed by atoms with Gasteiger partial charge in [-0.2, -0.15) is 0 Å². The van der Waals surface area contributed by atoms with Crippen molar-refractivity contribution in [3.8, 4) is 11.5 Å². The normalized spacial score (nSPS) is 10.6. The van der Waals surface area contributed by atoms with Crippen LogP contribution >= 0.6 is 12.2 Å². The van der Waals surface area contributed by atoms with Crippen molar-refractivity contribution in [1.82, 2.24) is 9.55 Å². The maximum atomic E-state index is 5.55. The Balaban J connectivity index is 1.60. The molecule has 0 atom stereocenters. The summed E-state index contributed by atoms with van der Waals surface area (Å²) >= 11 is 5.55. The van der Waals surface area contributed by atoms with Gasteiger partial charge >= 0.3 is 0 Å². The Morgan fingerprint density at radius 1 is 0.900 bits per heavy atom. The van der Waals surface area contributed by atoms with E-state index in [1.54, 1.807) is 20.3 Å². The van der Waals surface area contributed by atoms with Crippen molar-refractivity contribution in [3.63, 3.8) is 0 Å². The van der Waals surface area contributed by atoms with E-state index in [2.05, 4.69) is 33.4 Å². The monoisotopic (exact) mass is 418 g/mol. The predicted molar refractivity (Wildman–Crippen MR) is 125 cm³/mol. The van der Waals surface area contributed by atoms with Crippen molar-refractivity contribution in [2.75, 3.05) is 24.9 Å². The van der Waals surface area contributed by atoms with Crippen LogP contribution in [0.4, 0.5) is 11.6 Å². The number of thiocarbonyl (C=S) groups is 1. The molecule has 0 aliphatic carbocycles. The SMILES string of the molecule is COc1cc(NC(=S)Nc2nc3ccccc3n2Cc2ccccc2)cc(OC)c1.